The summed E-state index contributed by atoms with van der Waals surface area (Å²) in [6.45, 7) is 4.61. The quantitative estimate of drug-likeness (QED) is 0.0398. The van der Waals surface area contributed by atoms with E-state index < -0.39 is 11.9 Å². The SMILES string of the molecule is CC(=COc1ccc2ccccc2c1)C(=O)OCCCOc1ccc(-c2ccc(OCCCOC(=O)C(C)=COc3ccc4ccccc4c3)cc2)cc1. The molecule has 0 N–H and O–H groups in total. The third kappa shape index (κ3) is 10.7. The Kier molecular flexibility index (Phi) is 13.0. The number of benzene rings is 6. The maximum atomic E-state index is 12.4. The largest absolute Gasteiger partial charge is 0.493 e. The molecule has 0 aromatic heterocycles. The Morgan fingerprint density at radius 2 is 0.815 bits per heavy atom. The van der Waals surface area contributed by atoms with Crippen LogP contribution < -0.4 is 18.9 Å². The van der Waals surface area contributed by atoms with Gasteiger partial charge in [0.15, 0.2) is 0 Å². The van der Waals surface area contributed by atoms with E-state index in [0.29, 0.717) is 48.7 Å². The summed E-state index contributed by atoms with van der Waals surface area (Å²) in [5.41, 5.74) is 2.83. The van der Waals surface area contributed by atoms with E-state index in [9.17, 15) is 9.59 Å². The predicted octanol–water partition coefficient (Wildman–Crippen LogP) is 10.2. The molecule has 0 unspecified atom stereocenters. The summed E-state index contributed by atoms with van der Waals surface area (Å²) < 4.78 is 33.8. The van der Waals surface area contributed by atoms with Gasteiger partial charge in [-0.05, 0) is 95.1 Å². The minimum atomic E-state index is -0.430. The van der Waals surface area contributed by atoms with Gasteiger partial charge < -0.3 is 28.4 Å². The van der Waals surface area contributed by atoms with Gasteiger partial charge in [0, 0.05) is 12.8 Å². The van der Waals surface area contributed by atoms with Gasteiger partial charge in [0.2, 0.25) is 0 Å². The van der Waals surface area contributed by atoms with Crippen LogP contribution in [0.3, 0.4) is 0 Å². The lowest BCUT2D eigenvalue weighted by molar-refractivity contribution is -0.140. The van der Waals surface area contributed by atoms with Crippen LogP contribution in [0.25, 0.3) is 32.7 Å². The van der Waals surface area contributed by atoms with Gasteiger partial charge in [-0.15, -0.1) is 0 Å². The normalized spacial score (nSPS) is 11.6. The summed E-state index contributed by atoms with van der Waals surface area (Å²) in [7, 11) is 0. The third-order valence-electron chi connectivity index (χ3n) is 8.45. The third-order valence-corrected chi connectivity index (χ3v) is 8.45. The molecule has 6 rings (SSSR count). The molecule has 6 aromatic rings. The lowest BCUT2D eigenvalue weighted by atomic mass is 10.1. The first-order chi connectivity index (χ1) is 26.4. The van der Waals surface area contributed by atoms with Gasteiger partial charge in [0.1, 0.15) is 35.5 Å². The standard InChI is InChI=1S/C46H42O8/c1-33(31-53-43-23-17-35-9-3-5-11-39(35)29-43)45(47)51-27-7-25-49-41-19-13-37(14-20-41)38-15-21-42(22-16-38)50-26-8-28-52-46(48)34(2)32-54-44-24-18-36-10-4-6-12-40(36)30-44/h3-6,9-24,29-32H,7-8,25-28H2,1-2H3. The number of hydrogen-bond acceptors (Lipinski definition) is 8. The maximum absolute atomic E-state index is 12.4. The molecule has 0 radical (unpaired) electrons. The van der Waals surface area contributed by atoms with Gasteiger partial charge >= 0.3 is 11.9 Å². The zero-order valence-electron chi connectivity index (χ0n) is 30.4. The average Bonchev–Trinajstić information content (AvgIpc) is 3.21. The van der Waals surface area contributed by atoms with E-state index >= 15 is 0 Å². The lowest BCUT2D eigenvalue weighted by Crippen LogP contribution is -2.10. The molecule has 6 aromatic carbocycles. The van der Waals surface area contributed by atoms with Crippen LogP contribution in [-0.4, -0.2) is 38.4 Å². The molecular formula is C46H42O8. The highest BCUT2D eigenvalue weighted by atomic mass is 16.5. The first kappa shape index (κ1) is 37.2. The number of carbonyl (C=O) groups is 2. The molecule has 54 heavy (non-hydrogen) atoms. The number of fused-ring (bicyclic) bond motifs is 2. The van der Waals surface area contributed by atoms with E-state index in [0.717, 1.165) is 44.2 Å². The molecule has 8 nitrogen and oxygen atoms in total. The van der Waals surface area contributed by atoms with Crippen LogP contribution in [0.2, 0.25) is 0 Å². The zero-order valence-corrected chi connectivity index (χ0v) is 30.4. The first-order valence-electron chi connectivity index (χ1n) is 17.9. The summed E-state index contributed by atoms with van der Waals surface area (Å²) in [5, 5.41) is 4.37. The molecule has 0 atom stereocenters. The molecule has 274 valence electrons. The topological polar surface area (TPSA) is 89.5 Å². The fourth-order valence-corrected chi connectivity index (χ4v) is 5.43. The first-order valence-corrected chi connectivity index (χ1v) is 17.9. The fourth-order valence-electron chi connectivity index (χ4n) is 5.43. The highest BCUT2D eigenvalue weighted by Gasteiger charge is 2.09. The molecule has 0 aliphatic rings. The van der Waals surface area contributed by atoms with Gasteiger partial charge in [-0.1, -0.05) is 84.9 Å². The number of ether oxygens (including phenoxy) is 6. The van der Waals surface area contributed by atoms with Crippen molar-refractivity contribution in [3.8, 4) is 34.1 Å². The number of rotatable bonds is 17. The monoisotopic (exact) mass is 722 g/mol. The van der Waals surface area contributed by atoms with Gasteiger partial charge in [0.25, 0.3) is 0 Å². The van der Waals surface area contributed by atoms with Crippen LogP contribution in [0.5, 0.6) is 23.0 Å². The molecule has 0 saturated heterocycles. The van der Waals surface area contributed by atoms with E-state index in [1.54, 1.807) is 13.8 Å². The summed E-state index contributed by atoms with van der Waals surface area (Å²) in [4.78, 5) is 24.7. The van der Waals surface area contributed by atoms with Gasteiger partial charge in [0.05, 0.1) is 37.6 Å². The van der Waals surface area contributed by atoms with E-state index in [1.807, 2.05) is 133 Å². The van der Waals surface area contributed by atoms with Crippen molar-refractivity contribution < 1.29 is 38.0 Å². The van der Waals surface area contributed by atoms with Crippen molar-refractivity contribution in [2.75, 3.05) is 26.4 Å². The molecule has 0 aliphatic carbocycles. The molecule has 0 fully saturated rings. The minimum absolute atomic E-state index is 0.234. The Bertz CT molecular complexity index is 2080. The van der Waals surface area contributed by atoms with Crippen LogP contribution in [0, 0.1) is 0 Å². The van der Waals surface area contributed by atoms with E-state index in [-0.39, 0.29) is 13.2 Å². The van der Waals surface area contributed by atoms with E-state index in [1.165, 1.54) is 12.5 Å². The van der Waals surface area contributed by atoms with Crippen molar-refractivity contribution in [3.63, 3.8) is 0 Å². The highest BCUT2D eigenvalue weighted by Crippen LogP contribution is 2.26. The molecule has 0 spiro atoms. The predicted molar refractivity (Wildman–Crippen MR) is 211 cm³/mol. The molecule has 0 saturated carbocycles. The molecule has 0 aliphatic heterocycles. The summed E-state index contributed by atoms with van der Waals surface area (Å²) >= 11 is 0. The lowest BCUT2D eigenvalue weighted by Gasteiger charge is -2.10. The van der Waals surface area contributed by atoms with Crippen molar-refractivity contribution in [2.45, 2.75) is 26.7 Å². The second-order valence-electron chi connectivity index (χ2n) is 12.6. The molecule has 0 amide bonds. The molecule has 0 bridgehead atoms. The number of carbonyl (C=O) groups excluding carboxylic acids is 2. The summed E-state index contributed by atoms with van der Waals surface area (Å²) in [5.74, 6) is 1.91. The van der Waals surface area contributed by atoms with Crippen LogP contribution in [0.1, 0.15) is 26.7 Å². The van der Waals surface area contributed by atoms with Crippen molar-refractivity contribution in [2.24, 2.45) is 0 Å². The maximum Gasteiger partial charge on any atom is 0.336 e. The minimum Gasteiger partial charge on any atom is -0.493 e. The average molecular weight is 723 g/mol. The second kappa shape index (κ2) is 18.8. The summed E-state index contributed by atoms with van der Waals surface area (Å²) in [6.07, 6.45) is 3.93. The van der Waals surface area contributed by atoms with E-state index in [4.69, 9.17) is 28.4 Å². The Hall–Kier alpha value is -6.54. The van der Waals surface area contributed by atoms with Crippen LogP contribution in [0.4, 0.5) is 0 Å². The molecular weight excluding hydrogens is 680 g/mol. The van der Waals surface area contributed by atoms with Crippen LogP contribution in [0.15, 0.2) is 157 Å². The zero-order chi connectivity index (χ0) is 37.5. The van der Waals surface area contributed by atoms with Crippen molar-refractivity contribution in [1.82, 2.24) is 0 Å². The Morgan fingerprint density at radius 1 is 0.444 bits per heavy atom. The Balaban J connectivity index is 0.838. The van der Waals surface area contributed by atoms with Crippen molar-refractivity contribution in [1.29, 1.82) is 0 Å². The van der Waals surface area contributed by atoms with Crippen LogP contribution >= 0.6 is 0 Å². The second-order valence-corrected chi connectivity index (χ2v) is 12.6. The smallest absolute Gasteiger partial charge is 0.336 e. The van der Waals surface area contributed by atoms with Gasteiger partial charge in [-0.3, -0.25) is 0 Å². The van der Waals surface area contributed by atoms with Gasteiger partial charge in [-0.2, -0.15) is 0 Å². The molecule has 0 heterocycles. The van der Waals surface area contributed by atoms with Crippen molar-refractivity contribution in [3.05, 3.63) is 157 Å². The number of esters is 2. The highest BCUT2D eigenvalue weighted by molar-refractivity contribution is 5.88. The summed E-state index contributed by atoms with van der Waals surface area (Å²) in [6, 6.07) is 43.2. The van der Waals surface area contributed by atoms with E-state index in [2.05, 4.69) is 0 Å². The van der Waals surface area contributed by atoms with Gasteiger partial charge in [-0.25, -0.2) is 9.59 Å². The Morgan fingerprint density at radius 3 is 1.22 bits per heavy atom. The Labute approximate surface area is 315 Å². The number of hydrogen-bond donors (Lipinski definition) is 0. The molecule has 8 heteroatoms. The van der Waals surface area contributed by atoms with Crippen molar-refractivity contribution >= 4 is 33.5 Å². The van der Waals surface area contributed by atoms with Crippen LogP contribution in [-0.2, 0) is 19.1 Å². The fraction of sp³-hybridized carbons (Fsp3) is 0.174.